The van der Waals surface area contributed by atoms with Gasteiger partial charge in [-0.3, -0.25) is 4.79 Å². The molecule has 5 nitrogen and oxygen atoms in total. The Morgan fingerprint density at radius 1 is 1.04 bits per heavy atom. The van der Waals surface area contributed by atoms with Crippen LogP contribution in [0.5, 0.6) is 0 Å². The maximum absolute atomic E-state index is 11.0. The second-order valence-electron chi connectivity index (χ2n) is 8.96. The number of rotatable bonds is 14. The number of hydrogen-bond acceptors (Lipinski definition) is 4. The molecule has 1 rings (SSSR count). The number of hydrogen-bond donors (Lipinski definition) is 4. The Morgan fingerprint density at radius 3 is 2.30 bits per heavy atom. The highest BCUT2D eigenvalue weighted by Crippen LogP contribution is 2.44. The number of aliphatic hydroxyl groups excluding tert-OH is 2. The molecule has 160 valence electrons. The van der Waals surface area contributed by atoms with Crippen molar-refractivity contribution in [1.29, 1.82) is 0 Å². The summed E-state index contributed by atoms with van der Waals surface area (Å²) < 4.78 is 0. The second kappa shape index (κ2) is 12.0. The number of aliphatic hydroxyl groups is 3. The van der Waals surface area contributed by atoms with E-state index < -0.39 is 23.8 Å². The first-order chi connectivity index (χ1) is 12.7. The van der Waals surface area contributed by atoms with Crippen LogP contribution in [0.3, 0.4) is 0 Å². The Balaban J connectivity index is 2.47. The third kappa shape index (κ3) is 8.08. The molecule has 0 aromatic rings. The number of carboxylic acid groups (broad SMARTS) is 1. The van der Waals surface area contributed by atoms with Crippen molar-refractivity contribution in [3.05, 3.63) is 0 Å². The van der Waals surface area contributed by atoms with Gasteiger partial charge < -0.3 is 20.4 Å². The molecule has 0 bridgehead atoms. The molecule has 0 amide bonds. The largest absolute Gasteiger partial charge is 0.481 e. The Morgan fingerprint density at radius 2 is 1.67 bits per heavy atom. The second-order valence-corrected chi connectivity index (χ2v) is 8.96. The topological polar surface area (TPSA) is 98.0 Å². The van der Waals surface area contributed by atoms with Gasteiger partial charge in [-0.15, -0.1) is 0 Å². The zero-order valence-electron chi connectivity index (χ0n) is 17.6. The van der Waals surface area contributed by atoms with Crippen LogP contribution in [0.1, 0.15) is 97.8 Å². The van der Waals surface area contributed by atoms with Crippen LogP contribution >= 0.6 is 0 Å². The normalized spacial score (nSPS) is 28.8. The van der Waals surface area contributed by atoms with Crippen LogP contribution in [0.2, 0.25) is 0 Å². The van der Waals surface area contributed by atoms with E-state index in [0.29, 0.717) is 19.3 Å². The molecule has 6 unspecified atom stereocenters. The van der Waals surface area contributed by atoms with E-state index in [9.17, 15) is 20.1 Å². The maximum Gasteiger partial charge on any atom is 0.306 e. The number of carboxylic acids is 1. The number of unbranched alkanes of at least 4 members (excludes halogenated alkanes) is 6. The SMILES string of the molecule is CCCCCCCC(C)(O)C1C(O)CC(O)C1CCCCCC(C)C(=O)O. The van der Waals surface area contributed by atoms with E-state index in [-0.39, 0.29) is 17.8 Å². The van der Waals surface area contributed by atoms with Crippen molar-refractivity contribution in [3.8, 4) is 0 Å². The third-order valence-electron chi connectivity index (χ3n) is 6.45. The van der Waals surface area contributed by atoms with Gasteiger partial charge >= 0.3 is 5.97 Å². The first-order valence-corrected chi connectivity index (χ1v) is 11.0. The minimum absolute atomic E-state index is 0.0810. The van der Waals surface area contributed by atoms with Gasteiger partial charge in [-0.1, -0.05) is 65.2 Å². The van der Waals surface area contributed by atoms with Gasteiger partial charge in [0.25, 0.3) is 0 Å². The van der Waals surface area contributed by atoms with E-state index in [1.807, 2.05) is 6.92 Å². The van der Waals surface area contributed by atoms with Gasteiger partial charge in [-0.2, -0.15) is 0 Å². The first kappa shape index (κ1) is 24.4. The molecule has 0 heterocycles. The Hall–Kier alpha value is -0.650. The zero-order chi connectivity index (χ0) is 20.4. The van der Waals surface area contributed by atoms with Crippen molar-refractivity contribution >= 4 is 5.97 Å². The summed E-state index contributed by atoms with van der Waals surface area (Å²) in [6.07, 6.45) is 9.55. The highest BCUT2D eigenvalue weighted by Gasteiger charge is 2.49. The minimum atomic E-state index is -0.953. The average molecular weight is 387 g/mol. The molecule has 0 aliphatic heterocycles. The highest BCUT2D eigenvalue weighted by atomic mass is 16.4. The van der Waals surface area contributed by atoms with Crippen molar-refractivity contribution < 1.29 is 25.2 Å². The monoisotopic (exact) mass is 386 g/mol. The van der Waals surface area contributed by atoms with Gasteiger partial charge in [0.05, 0.1) is 23.7 Å². The van der Waals surface area contributed by atoms with E-state index in [2.05, 4.69) is 6.92 Å². The summed E-state index contributed by atoms with van der Waals surface area (Å²) in [7, 11) is 0. The molecule has 1 aliphatic rings. The zero-order valence-corrected chi connectivity index (χ0v) is 17.6. The van der Waals surface area contributed by atoms with Crippen LogP contribution < -0.4 is 0 Å². The van der Waals surface area contributed by atoms with Crippen LogP contribution in [0.25, 0.3) is 0 Å². The first-order valence-electron chi connectivity index (χ1n) is 11.0. The fraction of sp³-hybridized carbons (Fsp3) is 0.955. The molecule has 0 saturated heterocycles. The highest BCUT2D eigenvalue weighted by molar-refractivity contribution is 5.69. The smallest absolute Gasteiger partial charge is 0.306 e. The van der Waals surface area contributed by atoms with Crippen LogP contribution in [0.4, 0.5) is 0 Å². The number of carbonyl (C=O) groups is 1. The molecule has 5 heteroatoms. The molecular formula is C22H42O5. The van der Waals surface area contributed by atoms with E-state index in [1.54, 1.807) is 6.92 Å². The van der Waals surface area contributed by atoms with Crippen LogP contribution in [-0.2, 0) is 4.79 Å². The van der Waals surface area contributed by atoms with E-state index in [0.717, 1.165) is 38.5 Å². The van der Waals surface area contributed by atoms with Crippen molar-refractivity contribution in [3.63, 3.8) is 0 Å². The van der Waals surface area contributed by atoms with Gasteiger partial charge in [0.15, 0.2) is 0 Å². The lowest BCUT2D eigenvalue weighted by Crippen LogP contribution is -2.43. The fourth-order valence-corrected chi connectivity index (χ4v) is 4.73. The molecule has 27 heavy (non-hydrogen) atoms. The summed E-state index contributed by atoms with van der Waals surface area (Å²) >= 11 is 0. The molecule has 0 aromatic carbocycles. The molecule has 6 atom stereocenters. The van der Waals surface area contributed by atoms with Gasteiger partial charge in [0.1, 0.15) is 0 Å². The predicted molar refractivity (Wildman–Crippen MR) is 107 cm³/mol. The van der Waals surface area contributed by atoms with Gasteiger partial charge in [-0.25, -0.2) is 0 Å². The molecule has 0 spiro atoms. The van der Waals surface area contributed by atoms with Crippen LogP contribution in [0.15, 0.2) is 0 Å². The van der Waals surface area contributed by atoms with Gasteiger partial charge in [-0.05, 0) is 38.5 Å². The summed E-state index contributed by atoms with van der Waals surface area (Å²) in [5, 5.41) is 40.8. The van der Waals surface area contributed by atoms with Crippen LogP contribution in [0, 0.1) is 17.8 Å². The Bertz CT molecular complexity index is 423. The quantitative estimate of drug-likeness (QED) is 0.337. The molecule has 1 saturated carbocycles. The van der Waals surface area contributed by atoms with Crippen molar-refractivity contribution in [2.45, 2.75) is 116 Å². The third-order valence-corrected chi connectivity index (χ3v) is 6.45. The minimum Gasteiger partial charge on any atom is -0.481 e. The Kier molecular flexibility index (Phi) is 10.9. The van der Waals surface area contributed by atoms with Crippen molar-refractivity contribution in [2.24, 2.45) is 17.8 Å². The lowest BCUT2D eigenvalue weighted by molar-refractivity contribution is -0.141. The Labute approximate surface area is 165 Å². The summed E-state index contributed by atoms with van der Waals surface area (Å²) in [5.74, 6) is -1.43. The lowest BCUT2D eigenvalue weighted by Gasteiger charge is -2.37. The van der Waals surface area contributed by atoms with Gasteiger partial charge in [0, 0.05) is 5.92 Å². The molecular weight excluding hydrogens is 344 g/mol. The number of aliphatic carboxylic acids is 1. The molecule has 1 fully saturated rings. The molecule has 4 N–H and O–H groups in total. The van der Waals surface area contributed by atoms with E-state index in [1.165, 1.54) is 19.3 Å². The summed E-state index contributed by atoms with van der Waals surface area (Å²) in [6.45, 7) is 5.73. The van der Waals surface area contributed by atoms with Crippen LogP contribution in [-0.4, -0.2) is 44.2 Å². The average Bonchev–Trinajstić information content (AvgIpc) is 2.88. The summed E-state index contributed by atoms with van der Waals surface area (Å²) in [5.41, 5.74) is -0.953. The molecule has 0 radical (unpaired) electrons. The van der Waals surface area contributed by atoms with Crippen molar-refractivity contribution in [1.82, 2.24) is 0 Å². The molecule has 0 aromatic heterocycles. The van der Waals surface area contributed by atoms with Crippen molar-refractivity contribution in [2.75, 3.05) is 0 Å². The molecule has 1 aliphatic carbocycles. The standard InChI is InChI=1S/C22H42O5/c1-4-5-6-7-11-14-22(3,27)20-17(18(23)15-19(20)24)13-10-8-9-12-16(2)21(25)26/h16-20,23-24,27H,4-15H2,1-3H3,(H,25,26). The predicted octanol–water partition coefficient (Wildman–Crippen LogP) is 4.13. The fourth-order valence-electron chi connectivity index (χ4n) is 4.73. The summed E-state index contributed by atoms with van der Waals surface area (Å²) in [6, 6.07) is 0. The maximum atomic E-state index is 11.0. The lowest BCUT2D eigenvalue weighted by atomic mass is 9.75. The van der Waals surface area contributed by atoms with Gasteiger partial charge in [0.2, 0.25) is 0 Å². The summed E-state index contributed by atoms with van der Waals surface area (Å²) in [4.78, 5) is 10.9. The van der Waals surface area contributed by atoms with E-state index in [4.69, 9.17) is 5.11 Å². The van der Waals surface area contributed by atoms with E-state index >= 15 is 0 Å².